The van der Waals surface area contributed by atoms with E-state index in [9.17, 15) is 9.90 Å². The van der Waals surface area contributed by atoms with Crippen LogP contribution in [0.4, 0.5) is 0 Å². The smallest absolute Gasteiger partial charge is 0.242 e. The first-order chi connectivity index (χ1) is 11.6. The summed E-state index contributed by atoms with van der Waals surface area (Å²) in [6.45, 7) is 4.83. The molecule has 1 unspecified atom stereocenters. The van der Waals surface area contributed by atoms with Crippen LogP contribution >= 0.6 is 46.9 Å². The molecule has 2 aliphatic rings. The summed E-state index contributed by atoms with van der Waals surface area (Å²) in [5.74, 6) is 0.850. The molecule has 1 aliphatic heterocycles. The Morgan fingerprint density at radius 3 is 2.80 bits per heavy atom. The highest BCUT2D eigenvalue weighted by atomic mass is 127. The molecule has 1 amide bonds. The molecule has 9 heteroatoms. The molecule has 0 radical (unpaired) electrons. The predicted octanol–water partition coefficient (Wildman–Crippen LogP) is 2.33. The number of halogens is 2. The number of thiophene rings is 1. The van der Waals surface area contributed by atoms with E-state index >= 15 is 0 Å². The average Bonchev–Trinajstić information content (AvgIpc) is 3.31. The zero-order valence-electron chi connectivity index (χ0n) is 14.2. The summed E-state index contributed by atoms with van der Waals surface area (Å²) < 4.78 is 0.654. The molecular weight excluding hydrogens is 475 g/mol. The van der Waals surface area contributed by atoms with E-state index in [4.69, 9.17) is 11.6 Å². The number of aliphatic imine (C=N–C) groups is 1. The van der Waals surface area contributed by atoms with Crippen LogP contribution < -0.4 is 5.32 Å². The summed E-state index contributed by atoms with van der Waals surface area (Å²) in [4.78, 5) is 21.6. The van der Waals surface area contributed by atoms with Gasteiger partial charge in [0.2, 0.25) is 5.91 Å². The van der Waals surface area contributed by atoms with Gasteiger partial charge in [-0.3, -0.25) is 9.79 Å². The predicted molar refractivity (Wildman–Crippen MR) is 112 cm³/mol. The van der Waals surface area contributed by atoms with E-state index in [1.807, 2.05) is 22.8 Å². The highest BCUT2D eigenvalue weighted by Gasteiger charge is 2.36. The molecule has 6 nitrogen and oxygen atoms in total. The van der Waals surface area contributed by atoms with Gasteiger partial charge in [0.05, 0.1) is 17.4 Å². The Labute approximate surface area is 174 Å². The minimum absolute atomic E-state index is 0. The molecule has 0 bridgehead atoms. The number of hydrogen-bond donors (Lipinski definition) is 2. The fourth-order valence-corrected chi connectivity index (χ4v) is 3.87. The minimum Gasteiger partial charge on any atom is -0.386 e. The van der Waals surface area contributed by atoms with Crippen molar-refractivity contribution in [2.45, 2.75) is 31.9 Å². The molecule has 2 heterocycles. The molecule has 2 N–H and O–H groups in total. The van der Waals surface area contributed by atoms with Crippen molar-refractivity contribution in [2.24, 2.45) is 4.99 Å². The number of carbonyl (C=O) groups excluding carboxylic acids is 1. The number of nitrogens with one attached hydrogen (secondary N) is 1. The molecule has 25 heavy (non-hydrogen) atoms. The SMILES string of the molecule is CCNC(=NCC(O)c1ccc(Cl)s1)N1CCN(C2CC2)C(=O)C1.I. The molecule has 1 atom stereocenters. The van der Waals surface area contributed by atoms with Crippen molar-refractivity contribution in [1.82, 2.24) is 15.1 Å². The largest absolute Gasteiger partial charge is 0.386 e. The van der Waals surface area contributed by atoms with Gasteiger partial charge in [-0.25, -0.2) is 0 Å². The topological polar surface area (TPSA) is 68.2 Å². The highest BCUT2D eigenvalue weighted by molar-refractivity contribution is 14.0. The van der Waals surface area contributed by atoms with Crippen molar-refractivity contribution in [3.63, 3.8) is 0 Å². The van der Waals surface area contributed by atoms with Gasteiger partial charge in [0.1, 0.15) is 6.10 Å². The lowest BCUT2D eigenvalue weighted by Crippen LogP contribution is -2.55. The number of aliphatic hydroxyl groups excluding tert-OH is 1. The number of aliphatic hydroxyl groups is 1. The summed E-state index contributed by atoms with van der Waals surface area (Å²) in [6.07, 6.45) is 1.59. The molecule has 0 aromatic carbocycles. The van der Waals surface area contributed by atoms with E-state index in [2.05, 4.69) is 10.3 Å². The van der Waals surface area contributed by atoms with Gasteiger partial charge >= 0.3 is 0 Å². The van der Waals surface area contributed by atoms with Gasteiger partial charge in [-0.15, -0.1) is 35.3 Å². The number of amides is 1. The molecular formula is C16H24ClIN4O2S. The van der Waals surface area contributed by atoms with Crippen molar-refractivity contribution >= 4 is 58.8 Å². The molecule has 3 rings (SSSR count). The van der Waals surface area contributed by atoms with Gasteiger partial charge in [0.15, 0.2) is 5.96 Å². The van der Waals surface area contributed by atoms with Crippen molar-refractivity contribution in [3.05, 3.63) is 21.3 Å². The number of carbonyl (C=O) groups is 1. The Hall–Kier alpha value is -0.580. The van der Waals surface area contributed by atoms with Crippen molar-refractivity contribution in [3.8, 4) is 0 Å². The van der Waals surface area contributed by atoms with Crippen LogP contribution in [0.5, 0.6) is 0 Å². The van der Waals surface area contributed by atoms with Crippen LogP contribution in [0.2, 0.25) is 4.34 Å². The van der Waals surface area contributed by atoms with E-state index in [0.717, 1.165) is 37.4 Å². The van der Waals surface area contributed by atoms with Crippen LogP contribution in [0.1, 0.15) is 30.7 Å². The van der Waals surface area contributed by atoms with Crippen LogP contribution in [0.25, 0.3) is 0 Å². The highest BCUT2D eigenvalue weighted by Crippen LogP contribution is 2.28. The first-order valence-corrected chi connectivity index (χ1v) is 9.54. The summed E-state index contributed by atoms with van der Waals surface area (Å²) in [7, 11) is 0. The standard InChI is InChI=1S/C16H23ClN4O2S.HI/c1-2-18-16(19-9-12(22)13-5-6-14(17)24-13)20-7-8-21(11-3-4-11)15(23)10-20;/h5-6,11-12,22H,2-4,7-10H2,1H3,(H,18,19);1H. The van der Waals surface area contributed by atoms with Gasteiger partial charge in [0, 0.05) is 30.6 Å². The molecule has 140 valence electrons. The first-order valence-electron chi connectivity index (χ1n) is 8.34. The summed E-state index contributed by atoms with van der Waals surface area (Å²) in [5, 5.41) is 13.5. The molecule has 1 aromatic heterocycles. The lowest BCUT2D eigenvalue weighted by molar-refractivity contribution is -0.135. The van der Waals surface area contributed by atoms with Crippen molar-refractivity contribution in [2.75, 3.05) is 32.7 Å². The second kappa shape index (κ2) is 9.38. The normalized spacial score (nSPS) is 19.6. The summed E-state index contributed by atoms with van der Waals surface area (Å²) >= 11 is 7.27. The number of piperazine rings is 1. The molecule has 0 spiro atoms. The van der Waals surface area contributed by atoms with E-state index in [1.54, 1.807) is 6.07 Å². The van der Waals surface area contributed by atoms with E-state index in [-0.39, 0.29) is 36.4 Å². The maximum absolute atomic E-state index is 12.3. The van der Waals surface area contributed by atoms with Gasteiger partial charge in [-0.1, -0.05) is 11.6 Å². The number of nitrogens with zero attached hydrogens (tertiary/aromatic N) is 3. The van der Waals surface area contributed by atoms with Crippen LogP contribution in [-0.4, -0.2) is 65.5 Å². The Bertz CT molecular complexity index is 623. The third-order valence-corrected chi connectivity index (χ3v) is 5.55. The fraction of sp³-hybridized carbons (Fsp3) is 0.625. The average molecular weight is 499 g/mol. The first kappa shape index (κ1) is 20.7. The fourth-order valence-electron chi connectivity index (χ4n) is 2.84. The number of rotatable bonds is 5. The summed E-state index contributed by atoms with van der Waals surface area (Å²) in [5.41, 5.74) is 0. The molecule has 1 saturated heterocycles. The second-order valence-corrected chi connectivity index (χ2v) is 7.84. The van der Waals surface area contributed by atoms with Crippen LogP contribution in [0.15, 0.2) is 17.1 Å². The molecule has 1 saturated carbocycles. The monoisotopic (exact) mass is 498 g/mol. The molecule has 2 fully saturated rings. The Morgan fingerprint density at radius 1 is 1.48 bits per heavy atom. The van der Waals surface area contributed by atoms with E-state index < -0.39 is 6.10 Å². The maximum Gasteiger partial charge on any atom is 0.242 e. The van der Waals surface area contributed by atoms with E-state index in [1.165, 1.54) is 11.3 Å². The second-order valence-electron chi connectivity index (χ2n) is 6.09. The lowest BCUT2D eigenvalue weighted by atomic mass is 10.3. The number of hydrogen-bond acceptors (Lipinski definition) is 4. The Balaban J connectivity index is 0.00000225. The summed E-state index contributed by atoms with van der Waals surface area (Å²) in [6, 6.07) is 4.05. The van der Waals surface area contributed by atoms with Crippen LogP contribution in [0, 0.1) is 0 Å². The zero-order chi connectivity index (χ0) is 17.1. The minimum atomic E-state index is -0.681. The maximum atomic E-state index is 12.3. The Kier molecular flexibility index (Phi) is 7.78. The van der Waals surface area contributed by atoms with Gasteiger partial charge in [-0.05, 0) is 31.9 Å². The third kappa shape index (κ3) is 5.45. The number of guanidine groups is 1. The van der Waals surface area contributed by atoms with Crippen LogP contribution in [0.3, 0.4) is 0 Å². The van der Waals surface area contributed by atoms with Gasteiger partial charge in [-0.2, -0.15) is 0 Å². The van der Waals surface area contributed by atoms with Crippen LogP contribution in [-0.2, 0) is 4.79 Å². The van der Waals surface area contributed by atoms with Crippen molar-refractivity contribution < 1.29 is 9.90 Å². The molecule has 1 aromatic rings. The van der Waals surface area contributed by atoms with Gasteiger partial charge < -0.3 is 20.2 Å². The van der Waals surface area contributed by atoms with Crippen molar-refractivity contribution in [1.29, 1.82) is 0 Å². The van der Waals surface area contributed by atoms with E-state index in [0.29, 0.717) is 22.9 Å². The lowest BCUT2D eigenvalue weighted by Gasteiger charge is -2.36. The van der Waals surface area contributed by atoms with Gasteiger partial charge in [0.25, 0.3) is 0 Å². The quantitative estimate of drug-likeness (QED) is 0.371. The third-order valence-electron chi connectivity index (χ3n) is 4.22. The Morgan fingerprint density at radius 2 is 2.24 bits per heavy atom. The zero-order valence-corrected chi connectivity index (χ0v) is 18.1. The molecule has 1 aliphatic carbocycles.